The first-order chi connectivity index (χ1) is 23.9. The zero-order valence-corrected chi connectivity index (χ0v) is 30.9. The van der Waals surface area contributed by atoms with Gasteiger partial charge in [-0.2, -0.15) is 0 Å². The summed E-state index contributed by atoms with van der Waals surface area (Å²) in [5.74, 6) is -1.82. The lowest BCUT2D eigenvalue weighted by molar-refractivity contribution is -0.134. The third-order valence-electron chi connectivity index (χ3n) is 8.65. The molecular formula is C38H45Cl2FN6O5. The highest BCUT2D eigenvalue weighted by Crippen LogP contribution is 2.28. The topological polar surface area (TPSA) is 149 Å². The van der Waals surface area contributed by atoms with E-state index >= 15 is 0 Å². The summed E-state index contributed by atoms with van der Waals surface area (Å²) < 4.78 is 20.8. The molecule has 278 valence electrons. The zero-order chi connectivity index (χ0) is 35.8. The number of nitrogens with two attached hydrogens (primary N) is 1. The third-order valence-corrected chi connectivity index (χ3v) is 8.65. The van der Waals surface area contributed by atoms with Gasteiger partial charge in [-0.3, -0.25) is 19.2 Å². The number of halogens is 3. The number of aryl methyl sites for hydroxylation is 1. The van der Waals surface area contributed by atoms with Crippen LogP contribution in [0.3, 0.4) is 0 Å². The smallest absolute Gasteiger partial charge is 0.250 e. The van der Waals surface area contributed by atoms with Gasteiger partial charge in [-0.15, -0.1) is 24.8 Å². The number of hydrogen-bond acceptors (Lipinski definition) is 7. The summed E-state index contributed by atoms with van der Waals surface area (Å²) in [5, 5.41) is 5.42. The fraction of sp³-hybridized carbons (Fsp3) is 0.342. The molecule has 0 saturated carbocycles. The number of aromatic nitrogens is 2. The molecule has 4 aromatic rings. The molecule has 1 saturated heterocycles. The minimum atomic E-state index is -1.23. The van der Waals surface area contributed by atoms with Gasteiger partial charge in [0.15, 0.2) is 11.6 Å². The number of hydrogen-bond donors (Lipinski definition) is 3. The molecule has 0 spiro atoms. The average molecular weight is 756 g/mol. The van der Waals surface area contributed by atoms with Crippen molar-refractivity contribution in [2.45, 2.75) is 57.8 Å². The number of carbonyl (C=O) groups is 4. The molecule has 1 aromatic heterocycles. The number of nitrogens with zero attached hydrogens (tertiary/aromatic N) is 3. The van der Waals surface area contributed by atoms with Crippen molar-refractivity contribution in [1.29, 1.82) is 0 Å². The molecule has 52 heavy (non-hydrogen) atoms. The lowest BCUT2D eigenvalue weighted by Crippen LogP contribution is -2.56. The van der Waals surface area contributed by atoms with Crippen LogP contribution in [0.5, 0.6) is 0 Å². The molecule has 3 aromatic carbocycles. The first kappa shape index (κ1) is 41.8. The summed E-state index contributed by atoms with van der Waals surface area (Å²) >= 11 is 0. The highest BCUT2D eigenvalue weighted by Gasteiger charge is 2.34. The number of imidazole rings is 1. The highest BCUT2D eigenvalue weighted by molar-refractivity contribution is 5.99. The Morgan fingerprint density at radius 3 is 2.29 bits per heavy atom. The maximum absolute atomic E-state index is 14.2. The second kappa shape index (κ2) is 18.7. The summed E-state index contributed by atoms with van der Waals surface area (Å²) in [6, 6.07) is 20.7. The number of nitrogens with one attached hydrogen (secondary N) is 2. The van der Waals surface area contributed by atoms with Gasteiger partial charge in [-0.1, -0.05) is 60.2 Å². The maximum atomic E-state index is 14.2. The van der Waals surface area contributed by atoms with Crippen LogP contribution in [0.2, 0.25) is 0 Å². The lowest BCUT2D eigenvalue weighted by Gasteiger charge is -2.34. The number of anilines is 1. The molecule has 5 rings (SSSR count). The van der Waals surface area contributed by atoms with Crippen LogP contribution >= 0.6 is 24.8 Å². The van der Waals surface area contributed by atoms with E-state index in [2.05, 4.69) is 15.6 Å². The minimum absolute atomic E-state index is 0. The van der Waals surface area contributed by atoms with Gasteiger partial charge in [0.1, 0.15) is 17.9 Å². The van der Waals surface area contributed by atoms with Crippen molar-refractivity contribution in [2.24, 2.45) is 11.7 Å². The Labute approximate surface area is 315 Å². The highest BCUT2D eigenvalue weighted by atomic mass is 35.5. The van der Waals surface area contributed by atoms with Gasteiger partial charge in [0.05, 0.1) is 25.1 Å². The number of amides is 3. The van der Waals surface area contributed by atoms with Gasteiger partial charge >= 0.3 is 0 Å². The predicted octanol–water partition coefficient (Wildman–Crippen LogP) is 5.26. The van der Waals surface area contributed by atoms with E-state index in [1.165, 1.54) is 44.4 Å². The van der Waals surface area contributed by atoms with E-state index in [0.717, 1.165) is 16.7 Å². The number of carbonyl (C=O) groups excluding carboxylic acids is 4. The van der Waals surface area contributed by atoms with E-state index in [0.29, 0.717) is 31.5 Å². The number of ether oxygens (including phenoxy) is 1. The summed E-state index contributed by atoms with van der Waals surface area (Å²) in [4.78, 5) is 59.6. The molecule has 14 heteroatoms. The van der Waals surface area contributed by atoms with Gasteiger partial charge in [0.25, 0.3) is 5.91 Å². The average Bonchev–Trinajstić information content (AvgIpc) is 3.55. The largest absolute Gasteiger partial charge is 0.374 e. The Bertz CT molecular complexity index is 1810. The van der Waals surface area contributed by atoms with E-state index in [1.807, 2.05) is 61.5 Å². The van der Waals surface area contributed by atoms with Crippen LogP contribution in [0.4, 0.5) is 10.2 Å². The van der Waals surface area contributed by atoms with Gasteiger partial charge in [0, 0.05) is 30.8 Å². The number of rotatable bonds is 13. The summed E-state index contributed by atoms with van der Waals surface area (Å²) in [6.07, 6.45) is 4.01. The number of Topliss-reactive ketones (excluding diaryl/α,β-unsaturated/α-hetero) is 1. The molecule has 1 unspecified atom stereocenters. The summed E-state index contributed by atoms with van der Waals surface area (Å²) in [7, 11) is 0. The van der Waals surface area contributed by atoms with E-state index < -0.39 is 35.3 Å². The molecule has 1 aliphatic rings. The van der Waals surface area contributed by atoms with E-state index in [4.69, 9.17) is 10.5 Å². The van der Waals surface area contributed by atoms with Crippen LogP contribution in [0.1, 0.15) is 59.8 Å². The number of benzene rings is 3. The monoisotopic (exact) mass is 754 g/mol. The van der Waals surface area contributed by atoms with Crippen LogP contribution < -0.4 is 16.4 Å². The van der Waals surface area contributed by atoms with Crippen molar-refractivity contribution in [3.63, 3.8) is 0 Å². The lowest BCUT2D eigenvalue weighted by atomic mass is 9.88. The van der Waals surface area contributed by atoms with Crippen molar-refractivity contribution in [1.82, 2.24) is 19.8 Å². The Hall–Kier alpha value is -4.62. The minimum Gasteiger partial charge on any atom is -0.374 e. The van der Waals surface area contributed by atoms with Crippen LogP contribution in [-0.4, -0.2) is 69.2 Å². The molecule has 0 bridgehead atoms. The zero-order valence-electron chi connectivity index (χ0n) is 29.3. The molecule has 0 radical (unpaired) electrons. The van der Waals surface area contributed by atoms with Gasteiger partial charge < -0.3 is 30.6 Å². The third kappa shape index (κ3) is 10.9. The Kier molecular flexibility index (Phi) is 15.1. The van der Waals surface area contributed by atoms with Crippen molar-refractivity contribution in [3.8, 4) is 0 Å². The van der Waals surface area contributed by atoms with Crippen molar-refractivity contribution >= 4 is 54.1 Å². The quantitative estimate of drug-likeness (QED) is 0.158. The Morgan fingerprint density at radius 1 is 0.981 bits per heavy atom. The van der Waals surface area contributed by atoms with Crippen molar-refractivity contribution in [2.75, 3.05) is 25.0 Å². The molecule has 1 aliphatic heterocycles. The van der Waals surface area contributed by atoms with Crippen LogP contribution in [0.15, 0.2) is 91.4 Å². The normalized spacial score (nSPS) is 14.3. The Morgan fingerprint density at radius 2 is 1.65 bits per heavy atom. The molecule has 0 aliphatic carbocycles. The van der Waals surface area contributed by atoms with Crippen LogP contribution in [0.25, 0.3) is 0 Å². The Balaban J connectivity index is 0.00000364. The second-order valence-corrected chi connectivity index (χ2v) is 13.2. The number of ketones is 1. The maximum Gasteiger partial charge on any atom is 0.250 e. The fourth-order valence-electron chi connectivity index (χ4n) is 5.82. The van der Waals surface area contributed by atoms with E-state index in [9.17, 15) is 23.6 Å². The van der Waals surface area contributed by atoms with Crippen LogP contribution in [-0.2, 0) is 25.7 Å². The molecule has 1 fully saturated rings. The molecule has 2 atom stereocenters. The van der Waals surface area contributed by atoms with Gasteiger partial charge in [-0.05, 0) is 69.0 Å². The standard InChI is InChI=1S/C38H43FN6O5.2ClH/c1-25-8-7-11-29(20-25)33(36(48)44-18-16-28(17-19-44)34(46)27-12-14-30(39)15-13-27)45-21-32(41-24-45)43-35(47)31(42-37(49)38(2,3)40)23-50-22-26-9-5-4-6-10-26;;/h4-15,20-21,24,28,31,33H,16-19,22-23,40H2,1-3H3,(H,42,49)(H,43,47);2*1H/t31-,33?;;/m1../s1. The summed E-state index contributed by atoms with van der Waals surface area (Å²) in [5.41, 5.74) is 7.82. The SMILES string of the molecule is Cc1cccc(C(C(=O)N2CCC(C(=O)c3ccc(F)cc3)CC2)n2cnc(NC(=O)[C@@H](COCc3ccccc3)NC(=O)C(C)(C)N)c2)c1.Cl.Cl. The molecule has 11 nitrogen and oxygen atoms in total. The first-order valence-corrected chi connectivity index (χ1v) is 16.6. The fourth-order valence-corrected chi connectivity index (χ4v) is 5.82. The number of likely N-dealkylation sites (tertiary alicyclic amines) is 1. The van der Waals surface area contributed by atoms with Gasteiger partial charge in [0.2, 0.25) is 11.8 Å². The molecule has 3 amide bonds. The van der Waals surface area contributed by atoms with Crippen molar-refractivity contribution in [3.05, 3.63) is 119 Å². The second-order valence-electron chi connectivity index (χ2n) is 13.2. The molecule has 2 heterocycles. The van der Waals surface area contributed by atoms with E-state index in [1.54, 1.807) is 15.7 Å². The van der Waals surface area contributed by atoms with Gasteiger partial charge in [-0.25, -0.2) is 9.37 Å². The molecule has 4 N–H and O–H groups in total. The van der Waals surface area contributed by atoms with Crippen LogP contribution in [0, 0.1) is 18.7 Å². The summed E-state index contributed by atoms with van der Waals surface area (Å²) in [6.45, 7) is 5.88. The number of piperidine rings is 1. The first-order valence-electron chi connectivity index (χ1n) is 16.6. The van der Waals surface area contributed by atoms with Crippen molar-refractivity contribution < 1.29 is 28.3 Å². The predicted molar refractivity (Wildman–Crippen MR) is 201 cm³/mol. The molecular weight excluding hydrogens is 710 g/mol. The van der Waals surface area contributed by atoms with E-state index in [-0.39, 0.29) is 61.5 Å².